The summed E-state index contributed by atoms with van der Waals surface area (Å²) in [5.74, 6) is -0.255. The Morgan fingerprint density at radius 1 is 1.00 bits per heavy atom. The number of hydrogen-bond acceptors (Lipinski definition) is 4. The Bertz CT molecular complexity index is 923. The molecule has 0 saturated carbocycles. The monoisotopic (exact) mass is 407 g/mol. The van der Waals surface area contributed by atoms with Crippen molar-refractivity contribution in [1.29, 1.82) is 0 Å². The first-order valence-electron chi connectivity index (χ1n) is 10.1. The van der Waals surface area contributed by atoms with Crippen LogP contribution >= 0.6 is 11.8 Å². The highest BCUT2D eigenvalue weighted by Crippen LogP contribution is 2.27. The molecule has 1 aliphatic heterocycles. The normalized spacial score (nSPS) is 15.6. The van der Waals surface area contributed by atoms with Crippen molar-refractivity contribution in [3.05, 3.63) is 71.3 Å². The zero-order valence-electron chi connectivity index (χ0n) is 16.4. The Morgan fingerprint density at radius 3 is 2.62 bits per heavy atom. The Balaban J connectivity index is 1.20. The highest BCUT2D eigenvalue weighted by molar-refractivity contribution is 8.00. The van der Waals surface area contributed by atoms with Crippen LogP contribution in [-0.2, 0) is 27.2 Å². The molecule has 150 valence electrons. The molecule has 0 saturated heterocycles. The molecule has 0 unspecified atom stereocenters. The first kappa shape index (κ1) is 19.8. The topological polar surface area (TPSA) is 46.6 Å². The molecule has 1 heterocycles. The Hall–Kier alpha value is -2.53. The van der Waals surface area contributed by atoms with Crippen LogP contribution in [0, 0.1) is 0 Å². The number of benzene rings is 2. The average Bonchev–Trinajstić information content (AvgIpc) is 3.24. The van der Waals surface area contributed by atoms with Gasteiger partial charge in [0.15, 0.2) is 6.61 Å². The third-order valence-electron chi connectivity index (χ3n) is 5.49. The third kappa shape index (κ3) is 5.10. The van der Waals surface area contributed by atoms with E-state index < -0.39 is 0 Å². The lowest BCUT2D eigenvalue weighted by molar-refractivity contribution is -0.149. The number of carbonyl (C=O) groups excluding carboxylic acids is 2. The minimum Gasteiger partial charge on any atom is -0.455 e. The molecule has 2 aliphatic rings. The first-order chi connectivity index (χ1) is 14.2. The lowest BCUT2D eigenvalue weighted by Crippen LogP contribution is -2.37. The summed E-state index contributed by atoms with van der Waals surface area (Å²) in [6.07, 6.45) is 6.40. The Kier molecular flexibility index (Phi) is 6.35. The van der Waals surface area contributed by atoms with Gasteiger partial charge in [0, 0.05) is 18.0 Å². The number of hydrogen-bond donors (Lipinski definition) is 0. The molecule has 0 atom stereocenters. The average molecular weight is 408 g/mol. The van der Waals surface area contributed by atoms with E-state index in [1.807, 2.05) is 18.2 Å². The van der Waals surface area contributed by atoms with Crippen LogP contribution in [0.2, 0.25) is 0 Å². The zero-order chi connectivity index (χ0) is 20.1. The van der Waals surface area contributed by atoms with Crippen molar-refractivity contribution in [1.82, 2.24) is 4.90 Å². The van der Waals surface area contributed by atoms with Crippen LogP contribution in [0.25, 0.3) is 5.57 Å². The fraction of sp³-hybridized carbons (Fsp3) is 0.333. The highest BCUT2D eigenvalue weighted by Gasteiger charge is 2.19. The second kappa shape index (κ2) is 9.31. The van der Waals surface area contributed by atoms with E-state index in [2.05, 4.69) is 36.4 Å². The van der Waals surface area contributed by atoms with Crippen LogP contribution in [-0.4, -0.2) is 42.2 Å². The minimum absolute atomic E-state index is 0.135. The smallest absolute Gasteiger partial charge is 0.316 e. The number of nitrogens with zero attached hydrogens (tertiary/aromatic N) is 1. The van der Waals surface area contributed by atoms with E-state index in [4.69, 9.17) is 4.74 Å². The largest absolute Gasteiger partial charge is 0.455 e. The highest BCUT2D eigenvalue weighted by atomic mass is 32.2. The fourth-order valence-corrected chi connectivity index (χ4v) is 4.62. The molecule has 0 N–H and O–H groups in total. The molecule has 2 aromatic rings. The molecule has 4 nitrogen and oxygen atoms in total. The third-order valence-corrected chi connectivity index (χ3v) is 6.46. The molecule has 2 aromatic carbocycles. The number of rotatable bonds is 6. The quantitative estimate of drug-likeness (QED) is 0.534. The summed E-state index contributed by atoms with van der Waals surface area (Å²) in [4.78, 5) is 27.2. The summed E-state index contributed by atoms with van der Waals surface area (Å²) in [6.45, 7) is 1.03. The van der Waals surface area contributed by atoms with Crippen LogP contribution in [0.4, 0.5) is 0 Å². The van der Waals surface area contributed by atoms with Crippen molar-refractivity contribution < 1.29 is 14.3 Å². The number of ether oxygens (including phenoxy) is 1. The van der Waals surface area contributed by atoms with Gasteiger partial charge >= 0.3 is 5.97 Å². The van der Waals surface area contributed by atoms with E-state index >= 15 is 0 Å². The lowest BCUT2D eigenvalue weighted by Gasteiger charge is -2.26. The van der Waals surface area contributed by atoms with Gasteiger partial charge in [-0.05, 0) is 60.1 Å². The van der Waals surface area contributed by atoms with E-state index in [0.29, 0.717) is 13.1 Å². The summed E-state index contributed by atoms with van der Waals surface area (Å²) in [5.41, 5.74) is 5.28. The van der Waals surface area contributed by atoms with E-state index in [1.54, 1.807) is 4.90 Å². The van der Waals surface area contributed by atoms with Gasteiger partial charge in [0.25, 0.3) is 5.91 Å². The maximum atomic E-state index is 12.4. The van der Waals surface area contributed by atoms with E-state index in [1.165, 1.54) is 40.4 Å². The summed E-state index contributed by atoms with van der Waals surface area (Å²) >= 11 is 1.47. The number of aryl methyl sites for hydroxylation is 2. The van der Waals surface area contributed by atoms with Gasteiger partial charge in [-0.2, -0.15) is 0 Å². The van der Waals surface area contributed by atoms with E-state index in [0.717, 1.165) is 24.2 Å². The Morgan fingerprint density at radius 2 is 1.83 bits per heavy atom. The van der Waals surface area contributed by atoms with Gasteiger partial charge in [-0.1, -0.05) is 42.5 Å². The molecule has 0 fully saturated rings. The molecule has 0 spiro atoms. The second-order valence-electron chi connectivity index (χ2n) is 7.42. The van der Waals surface area contributed by atoms with Gasteiger partial charge in [-0.3, -0.25) is 9.59 Å². The predicted molar refractivity (Wildman–Crippen MR) is 116 cm³/mol. The van der Waals surface area contributed by atoms with Crippen LogP contribution in [0.1, 0.15) is 29.5 Å². The number of fused-ring (bicyclic) bond motifs is 1. The van der Waals surface area contributed by atoms with Gasteiger partial charge in [-0.25, -0.2) is 0 Å². The molecule has 0 aromatic heterocycles. The molecule has 5 heteroatoms. The van der Waals surface area contributed by atoms with Crippen LogP contribution in [0.3, 0.4) is 0 Å². The van der Waals surface area contributed by atoms with Gasteiger partial charge in [-0.15, -0.1) is 11.8 Å². The van der Waals surface area contributed by atoms with Gasteiger partial charge in [0.05, 0.1) is 5.75 Å². The van der Waals surface area contributed by atoms with Crippen molar-refractivity contribution in [2.24, 2.45) is 0 Å². The number of carbonyl (C=O) groups is 2. The molecule has 0 bridgehead atoms. The van der Waals surface area contributed by atoms with Gasteiger partial charge < -0.3 is 9.64 Å². The maximum absolute atomic E-state index is 12.4. The first-order valence-corrected chi connectivity index (χ1v) is 11.1. The predicted octanol–water partition coefficient (Wildman–Crippen LogP) is 4.13. The van der Waals surface area contributed by atoms with Gasteiger partial charge in [0.2, 0.25) is 0 Å². The molecular formula is C24H25NO3S. The van der Waals surface area contributed by atoms with Crippen molar-refractivity contribution >= 4 is 29.2 Å². The van der Waals surface area contributed by atoms with Gasteiger partial charge in [0.1, 0.15) is 0 Å². The number of thioether (sulfide) groups is 1. The maximum Gasteiger partial charge on any atom is 0.316 e. The molecule has 4 rings (SSSR count). The molecular weight excluding hydrogens is 382 g/mol. The fourth-order valence-electron chi connectivity index (χ4n) is 3.87. The zero-order valence-corrected chi connectivity index (χ0v) is 17.2. The summed E-state index contributed by atoms with van der Waals surface area (Å²) in [6, 6.07) is 16.6. The van der Waals surface area contributed by atoms with Crippen LogP contribution < -0.4 is 0 Å². The molecule has 0 radical (unpaired) electrons. The standard InChI is InChI=1S/C24H25NO3S/c26-23(25-13-11-20(12-14-25)18-5-2-1-3-6-18)16-28-24(27)17-29-22-10-9-19-7-4-8-21(19)15-22/h1-3,5-6,9-11,15H,4,7-8,12-14,16-17H2. The van der Waals surface area contributed by atoms with Crippen molar-refractivity contribution in [3.8, 4) is 0 Å². The SMILES string of the molecule is O=C(CSc1ccc2c(c1)CCC2)OCC(=O)N1CC=C(c2ccccc2)CC1. The molecule has 1 aliphatic carbocycles. The lowest BCUT2D eigenvalue weighted by atomic mass is 10.00. The number of esters is 1. The van der Waals surface area contributed by atoms with Crippen molar-refractivity contribution in [3.63, 3.8) is 0 Å². The number of amides is 1. The second-order valence-corrected chi connectivity index (χ2v) is 8.47. The van der Waals surface area contributed by atoms with Crippen molar-refractivity contribution in [2.45, 2.75) is 30.6 Å². The van der Waals surface area contributed by atoms with Crippen LogP contribution in [0.15, 0.2) is 59.5 Å². The summed E-state index contributed by atoms with van der Waals surface area (Å²) in [7, 11) is 0. The van der Waals surface area contributed by atoms with Crippen molar-refractivity contribution in [2.75, 3.05) is 25.4 Å². The van der Waals surface area contributed by atoms with Crippen LogP contribution in [0.5, 0.6) is 0 Å². The summed E-state index contributed by atoms with van der Waals surface area (Å²) in [5, 5.41) is 0. The molecule has 1 amide bonds. The van der Waals surface area contributed by atoms with E-state index in [9.17, 15) is 9.59 Å². The molecule has 29 heavy (non-hydrogen) atoms. The Labute approximate surface area is 175 Å². The minimum atomic E-state index is -0.346. The van der Waals surface area contributed by atoms with E-state index in [-0.39, 0.29) is 24.2 Å². The summed E-state index contributed by atoms with van der Waals surface area (Å²) < 4.78 is 5.21.